The molecule has 0 saturated carbocycles. The first-order valence-electron chi connectivity index (χ1n) is 8.69. The maximum Gasteiger partial charge on any atom is 0.349 e. The Bertz CT molecular complexity index is 773. The molecule has 1 saturated heterocycles. The van der Waals surface area contributed by atoms with Crippen LogP contribution in [0.2, 0.25) is 0 Å². The van der Waals surface area contributed by atoms with E-state index in [1.165, 1.54) is 11.3 Å². The van der Waals surface area contributed by atoms with E-state index >= 15 is 0 Å². The van der Waals surface area contributed by atoms with Gasteiger partial charge in [0, 0.05) is 18.7 Å². The summed E-state index contributed by atoms with van der Waals surface area (Å²) in [6.45, 7) is 6.68. The highest BCUT2D eigenvalue weighted by Crippen LogP contribution is 2.29. The van der Waals surface area contributed by atoms with E-state index in [-0.39, 0.29) is 24.7 Å². The van der Waals surface area contributed by atoms with Crippen molar-refractivity contribution in [1.29, 1.82) is 0 Å². The third-order valence-electron chi connectivity index (χ3n) is 4.31. The van der Waals surface area contributed by atoms with Gasteiger partial charge in [0.15, 0.2) is 6.61 Å². The third-order valence-corrected chi connectivity index (χ3v) is 5.21. The molecule has 26 heavy (non-hydrogen) atoms. The van der Waals surface area contributed by atoms with Gasteiger partial charge in [-0.1, -0.05) is 29.8 Å². The first kappa shape index (κ1) is 18.6. The molecule has 1 fully saturated rings. The molecule has 0 aliphatic carbocycles. The molecule has 1 amide bonds. The Kier molecular flexibility index (Phi) is 5.74. The zero-order valence-electron chi connectivity index (χ0n) is 15.2. The standard InChI is InChI=1S/C20H23NO4S/c1-13-4-6-16(7-5-13)17-8-9-26-19(17)20(23)24-12-18(22)21-10-14(2)25-15(3)11-21/h4-9,14-15H,10-12H2,1-3H3/t14-,15+. The molecule has 2 atom stereocenters. The Morgan fingerprint density at radius 2 is 1.81 bits per heavy atom. The molecular weight excluding hydrogens is 350 g/mol. The summed E-state index contributed by atoms with van der Waals surface area (Å²) in [5.41, 5.74) is 2.96. The molecule has 2 heterocycles. The zero-order chi connectivity index (χ0) is 18.7. The average Bonchev–Trinajstić information content (AvgIpc) is 3.09. The summed E-state index contributed by atoms with van der Waals surface area (Å²) in [7, 11) is 0. The monoisotopic (exact) mass is 373 g/mol. The largest absolute Gasteiger partial charge is 0.451 e. The van der Waals surface area contributed by atoms with Crippen LogP contribution in [0.4, 0.5) is 0 Å². The summed E-state index contributed by atoms with van der Waals surface area (Å²) >= 11 is 1.33. The number of esters is 1. The van der Waals surface area contributed by atoms with Crippen LogP contribution in [0.3, 0.4) is 0 Å². The molecule has 0 unspecified atom stereocenters. The van der Waals surface area contributed by atoms with Crippen LogP contribution in [0.15, 0.2) is 35.7 Å². The van der Waals surface area contributed by atoms with Gasteiger partial charge in [0.1, 0.15) is 4.88 Å². The molecule has 138 valence electrons. The number of morpholine rings is 1. The number of thiophene rings is 1. The van der Waals surface area contributed by atoms with Crippen molar-refractivity contribution in [1.82, 2.24) is 4.90 Å². The first-order chi connectivity index (χ1) is 12.4. The maximum absolute atomic E-state index is 12.5. The number of amides is 1. The van der Waals surface area contributed by atoms with Crippen LogP contribution in [-0.2, 0) is 14.3 Å². The van der Waals surface area contributed by atoms with E-state index in [9.17, 15) is 9.59 Å². The maximum atomic E-state index is 12.5. The Morgan fingerprint density at radius 3 is 2.46 bits per heavy atom. The van der Waals surface area contributed by atoms with Gasteiger partial charge in [-0.05, 0) is 37.8 Å². The Morgan fingerprint density at radius 1 is 1.15 bits per heavy atom. The highest BCUT2D eigenvalue weighted by atomic mass is 32.1. The van der Waals surface area contributed by atoms with Crippen molar-refractivity contribution in [2.75, 3.05) is 19.7 Å². The minimum atomic E-state index is -0.460. The number of nitrogens with zero attached hydrogens (tertiary/aromatic N) is 1. The lowest BCUT2D eigenvalue weighted by atomic mass is 10.1. The molecule has 1 aromatic heterocycles. The normalized spacial score (nSPS) is 20.0. The van der Waals surface area contributed by atoms with Crippen molar-refractivity contribution in [2.45, 2.75) is 33.0 Å². The van der Waals surface area contributed by atoms with Crippen molar-refractivity contribution >= 4 is 23.2 Å². The van der Waals surface area contributed by atoms with Gasteiger partial charge in [-0.15, -0.1) is 11.3 Å². The first-order valence-corrected chi connectivity index (χ1v) is 9.57. The van der Waals surface area contributed by atoms with Crippen LogP contribution in [0.5, 0.6) is 0 Å². The third kappa shape index (κ3) is 4.31. The number of aryl methyl sites for hydroxylation is 1. The molecular formula is C20H23NO4S. The van der Waals surface area contributed by atoms with E-state index in [2.05, 4.69) is 0 Å². The average molecular weight is 373 g/mol. The molecule has 0 N–H and O–H groups in total. The highest BCUT2D eigenvalue weighted by molar-refractivity contribution is 7.12. The fourth-order valence-corrected chi connectivity index (χ4v) is 3.90. The van der Waals surface area contributed by atoms with Gasteiger partial charge in [0.05, 0.1) is 12.2 Å². The van der Waals surface area contributed by atoms with Gasteiger partial charge in [-0.3, -0.25) is 4.79 Å². The Hall–Kier alpha value is -2.18. The van der Waals surface area contributed by atoms with Crippen LogP contribution in [-0.4, -0.2) is 48.7 Å². The van der Waals surface area contributed by atoms with Gasteiger partial charge in [-0.25, -0.2) is 4.79 Å². The van der Waals surface area contributed by atoms with Crippen LogP contribution in [0, 0.1) is 6.92 Å². The lowest BCUT2D eigenvalue weighted by Gasteiger charge is -2.35. The Labute approximate surface area is 157 Å². The topological polar surface area (TPSA) is 55.8 Å². The summed E-state index contributed by atoms with van der Waals surface area (Å²) in [6, 6.07) is 9.88. The lowest BCUT2D eigenvalue weighted by Crippen LogP contribution is -2.49. The predicted octanol–water partition coefficient (Wildman–Crippen LogP) is 3.52. The molecule has 0 bridgehead atoms. The molecule has 2 aromatic rings. The second-order valence-corrected chi connectivity index (χ2v) is 7.58. The number of hydrogen-bond acceptors (Lipinski definition) is 5. The quantitative estimate of drug-likeness (QED) is 0.770. The van der Waals surface area contributed by atoms with Crippen LogP contribution in [0.25, 0.3) is 11.1 Å². The zero-order valence-corrected chi connectivity index (χ0v) is 16.0. The minimum Gasteiger partial charge on any atom is -0.451 e. The summed E-state index contributed by atoms with van der Waals surface area (Å²) in [5.74, 6) is -0.646. The number of benzene rings is 1. The number of ether oxygens (including phenoxy) is 2. The van der Waals surface area contributed by atoms with E-state index in [4.69, 9.17) is 9.47 Å². The van der Waals surface area contributed by atoms with Crippen LogP contribution >= 0.6 is 11.3 Å². The molecule has 1 aliphatic heterocycles. The van der Waals surface area contributed by atoms with Crippen molar-refractivity contribution in [3.8, 4) is 11.1 Å². The fourth-order valence-electron chi connectivity index (χ4n) is 3.09. The van der Waals surface area contributed by atoms with Crippen LogP contribution in [0.1, 0.15) is 29.1 Å². The number of rotatable bonds is 4. The van der Waals surface area contributed by atoms with Crippen molar-refractivity contribution in [3.63, 3.8) is 0 Å². The number of hydrogen-bond donors (Lipinski definition) is 0. The van der Waals surface area contributed by atoms with Crippen molar-refractivity contribution in [2.24, 2.45) is 0 Å². The van der Waals surface area contributed by atoms with E-state index in [0.29, 0.717) is 18.0 Å². The van der Waals surface area contributed by atoms with Gasteiger partial charge in [-0.2, -0.15) is 0 Å². The summed E-state index contributed by atoms with van der Waals surface area (Å²) in [6.07, 6.45) is -0.0207. The SMILES string of the molecule is Cc1ccc(-c2ccsc2C(=O)OCC(=O)N2C[C@@H](C)O[C@@H](C)C2)cc1. The second-order valence-electron chi connectivity index (χ2n) is 6.66. The van der Waals surface area contributed by atoms with Gasteiger partial charge < -0.3 is 14.4 Å². The van der Waals surface area contributed by atoms with E-state index in [1.807, 2.05) is 56.5 Å². The van der Waals surface area contributed by atoms with Gasteiger partial charge in [0.2, 0.25) is 0 Å². The summed E-state index contributed by atoms with van der Waals surface area (Å²) < 4.78 is 10.9. The number of carbonyl (C=O) groups excluding carboxylic acids is 2. The van der Waals surface area contributed by atoms with E-state index < -0.39 is 5.97 Å². The summed E-state index contributed by atoms with van der Waals surface area (Å²) in [4.78, 5) is 27.0. The fraction of sp³-hybridized carbons (Fsp3) is 0.400. The predicted molar refractivity (Wildman–Crippen MR) is 101 cm³/mol. The van der Waals surface area contributed by atoms with Crippen molar-refractivity contribution in [3.05, 3.63) is 46.2 Å². The van der Waals surface area contributed by atoms with Gasteiger partial charge >= 0.3 is 5.97 Å². The second kappa shape index (κ2) is 8.01. The van der Waals surface area contributed by atoms with Crippen molar-refractivity contribution < 1.29 is 19.1 Å². The highest BCUT2D eigenvalue weighted by Gasteiger charge is 2.27. The Balaban J connectivity index is 1.63. The molecule has 1 aromatic carbocycles. The lowest BCUT2D eigenvalue weighted by molar-refractivity contribution is -0.146. The van der Waals surface area contributed by atoms with E-state index in [0.717, 1.165) is 16.7 Å². The molecule has 0 radical (unpaired) electrons. The van der Waals surface area contributed by atoms with Gasteiger partial charge in [0.25, 0.3) is 5.91 Å². The molecule has 0 spiro atoms. The molecule has 6 heteroatoms. The number of carbonyl (C=O) groups is 2. The smallest absolute Gasteiger partial charge is 0.349 e. The minimum absolute atomic E-state index is 0.0103. The van der Waals surface area contributed by atoms with E-state index in [1.54, 1.807) is 4.90 Å². The molecule has 5 nitrogen and oxygen atoms in total. The summed E-state index contributed by atoms with van der Waals surface area (Å²) in [5, 5.41) is 1.86. The van der Waals surface area contributed by atoms with Crippen LogP contribution < -0.4 is 0 Å². The molecule has 1 aliphatic rings. The molecule has 3 rings (SSSR count).